The molecule has 2 aromatic rings. The van der Waals surface area contributed by atoms with Gasteiger partial charge in [-0.15, -0.1) is 0 Å². The summed E-state index contributed by atoms with van der Waals surface area (Å²) in [5.41, 5.74) is 1.60. The Hall–Kier alpha value is -1.46. The van der Waals surface area contributed by atoms with E-state index in [2.05, 4.69) is 4.98 Å². The van der Waals surface area contributed by atoms with Crippen LogP contribution in [0.5, 0.6) is 0 Å². The summed E-state index contributed by atoms with van der Waals surface area (Å²) in [6.07, 6.45) is 1.63. The van der Waals surface area contributed by atoms with Crippen LogP contribution in [0, 0.1) is 6.92 Å². The average Bonchev–Trinajstić information content (AvgIpc) is 2.17. The van der Waals surface area contributed by atoms with E-state index in [1.807, 2.05) is 6.92 Å². The standard InChI is InChI=1S/C10H10N2O2S/c1-7-4-5-9(15(11,13)14)8-3-2-6-12-10(7)8/h2-6H,1H3,(H2,11,13,14). The second-order valence-electron chi connectivity index (χ2n) is 3.33. The van der Waals surface area contributed by atoms with Gasteiger partial charge in [-0.25, -0.2) is 13.6 Å². The van der Waals surface area contributed by atoms with E-state index >= 15 is 0 Å². The largest absolute Gasteiger partial charge is 0.256 e. The van der Waals surface area contributed by atoms with Gasteiger partial charge in [0.25, 0.3) is 0 Å². The summed E-state index contributed by atoms with van der Waals surface area (Å²) < 4.78 is 22.6. The van der Waals surface area contributed by atoms with Crippen molar-refractivity contribution in [1.29, 1.82) is 0 Å². The van der Waals surface area contributed by atoms with Crippen LogP contribution in [0.25, 0.3) is 10.9 Å². The molecule has 0 amide bonds. The first-order chi connectivity index (χ1) is 7.00. The van der Waals surface area contributed by atoms with Crippen LogP contribution >= 0.6 is 0 Å². The van der Waals surface area contributed by atoms with E-state index in [1.54, 1.807) is 24.4 Å². The van der Waals surface area contributed by atoms with Gasteiger partial charge in [0, 0.05) is 11.6 Å². The van der Waals surface area contributed by atoms with Gasteiger partial charge in [-0.3, -0.25) is 4.98 Å². The summed E-state index contributed by atoms with van der Waals surface area (Å²) in [7, 11) is -3.69. The molecule has 0 atom stereocenters. The number of aryl methyl sites for hydroxylation is 1. The lowest BCUT2D eigenvalue weighted by Crippen LogP contribution is -2.12. The van der Waals surface area contributed by atoms with Gasteiger partial charge in [0.1, 0.15) is 0 Å². The third-order valence-electron chi connectivity index (χ3n) is 2.24. The number of hydrogen-bond donors (Lipinski definition) is 1. The highest BCUT2D eigenvalue weighted by molar-refractivity contribution is 7.89. The van der Waals surface area contributed by atoms with Crippen LogP contribution in [0.2, 0.25) is 0 Å². The summed E-state index contributed by atoms with van der Waals surface area (Å²) in [4.78, 5) is 4.26. The zero-order valence-corrected chi connectivity index (χ0v) is 8.95. The fourth-order valence-electron chi connectivity index (χ4n) is 1.54. The number of sulfonamides is 1. The number of pyridine rings is 1. The molecule has 0 radical (unpaired) electrons. The molecule has 0 aliphatic heterocycles. The van der Waals surface area contributed by atoms with Crippen molar-refractivity contribution in [3.05, 3.63) is 36.0 Å². The van der Waals surface area contributed by atoms with E-state index in [4.69, 9.17) is 5.14 Å². The lowest BCUT2D eigenvalue weighted by atomic mass is 10.1. The van der Waals surface area contributed by atoms with Crippen LogP contribution in [-0.4, -0.2) is 13.4 Å². The Labute approximate surface area is 87.8 Å². The minimum atomic E-state index is -3.69. The van der Waals surface area contributed by atoms with E-state index in [0.29, 0.717) is 10.9 Å². The van der Waals surface area contributed by atoms with Crippen molar-refractivity contribution in [1.82, 2.24) is 4.98 Å². The van der Waals surface area contributed by atoms with E-state index in [-0.39, 0.29) is 4.90 Å². The zero-order valence-electron chi connectivity index (χ0n) is 8.14. The van der Waals surface area contributed by atoms with Crippen molar-refractivity contribution in [3.63, 3.8) is 0 Å². The highest BCUT2D eigenvalue weighted by atomic mass is 32.2. The summed E-state index contributed by atoms with van der Waals surface area (Å²) in [5, 5.41) is 5.69. The van der Waals surface area contributed by atoms with Gasteiger partial charge >= 0.3 is 0 Å². The number of nitrogens with zero attached hydrogens (tertiary/aromatic N) is 1. The maximum absolute atomic E-state index is 11.3. The molecule has 1 aromatic carbocycles. The highest BCUT2D eigenvalue weighted by Crippen LogP contribution is 2.22. The van der Waals surface area contributed by atoms with Crippen LogP contribution in [0.15, 0.2) is 35.4 Å². The van der Waals surface area contributed by atoms with Gasteiger partial charge in [-0.2, -0.15) is 0 Å². The summed E-state index contributed by atoms with van der Waals surface area (Å²) in [5.74, 6) is 0. The van der Waals surface area contributed by atoms with Crippen molar-refractivity contribution in [3.8, 4) is 0 Å². The van der Waals surface area contributed by atoms with Crippen LogP contribution in [-0.2, 0) is 10.0 Å². The SMILES string of the molecule is Cc1ccc(S(N)(=O)=O)c2cccnc12. The molecule has 0 bridgehead atoms. The van der Waals surface area contributed by atoms with Gasteiger partial charge in [0.15, 0.2) is 0 Å². The topological polar surface area (TPSA) is 73.1 Å². The van der Waals surface area contributed by atoms with Crippen molar-refractivity contribution >= 4 is 20.9 Å². The molecule has 0 aliphatic rings. The number of benzene rings is 1. The predicted molar refractivity (Wildman–Crippen MR) is 57.9 cm³/mol. The fourth-order valence-corrected chi connectivity index (χ4v) is 2.26. The maximum Gasteiger partial charge on any atom is 0.238 e. The minimum Gasteiger partial charge on any atom is -0.256 e. The number of aromatic nitrogens is 1. The van der Waals surface area contributed by atoms with Gasteiger partial charge < -0.3 is 0 Å². The van der Waals surface area contributed by atoms with Crippen molar-refractivity contribution < 1.29 is 8.42 Å². The summed E-state index contributed by atoms with van der Waals surface area (Å²) >= 11 is 0. The molecule has 15 heavy (non-hydrogen) atoms. The third kappa shape index (κ3) is 1.71. The Morgan fingerprint density at radius 3 is 2.67 bits per heavy atom. The first-order valence-electron chi connectivity index (χ1n) is 4.37. The average molecular weight is 222 g/mol. The fraction of sp³-hybridized carbons (Fsp3) is 0.100. The number of fused-ring (bicyclic) bond motifs is 1. The predicted octanol–water partition coefficient (Wildman–Crippen LogP) is 1.19. The first-order valence-corrected chi connectivity index (χ1v) is 5.92. The maximum atomic E-state index is 11.3. The van der Waals surface area contributed by atoms with E-state index in [1.165, 1.54) is 6.07 Å². The molecule has 0 saturated heterocycles. The van der Waals surface area contributed by atoms with Gasteiger partial charge in [-0.1, -0.05) is 6.07 Å². The minimum absolute atomic E-state index is 0.121. The molecule has 0 aliphatic carbocycles. The molecule has 2 rings (SSSR count). The Morgan fingerprint density at radius 1 is 1.27 bits per heavy atom. The monoisotopic (exact) mass is 222 g/mol. The smallest absolute Gasteiger partial charge is 0.238 e. The Kier molecular flexibility index (Phi) is 2.21. The lowest BCUT2D eigenvalue weighted by molar-refractivity contribution is 0.598. The van der Waals surface area contributed by atoms with E-state index < -0.39 is 10.0 Å². The number of primary sulfonamides is 1. The summed E-state index contributed by atoms with van der Waals surface area (Å²) in [6, 6.07) is 6.61. The number of rotatable bonds is 1. The molecule has 0 saturated carbocycles. The van der Waals surface area contributed by atoms with Gasteiger partial charge in [0.2, 0.25) is 10.0 Å². The molecule has 4 nitrogen and oxygen atoms in total. The Balaban J connectivity index is 2.96. The molecule has 0 fully saturated rings. The molecule has 0 spiro atoms. The highest BCUT2D eigenvalue weighted by Gasteiger charge is 2.13. The molecule has 2 N–H and O–H groups in total. The molecular weight excluding hydrogens is 212 g/mol. The third-order valence-corrected chi connectivity index (χ3v) is 3.21. The quantitative estimate of drug-likeness (QED) is 0.787. The molecule has 5 heteroatoms. The Bertz CT molecular complexity index is 620. The number of hydrogen-bond acceptors (Lipinski definition) is 3. The molecule has 1 aromatic heterocycles. The lowest BCUT2D eigenvalue weighted by Gasteiger charge is -2.05. The van der Waals surface area contributed by atoms with Crippen LogP contribution in [0.1, 0.15) is 5.56 Å². The second-order valence-corrected chi connectivity index (χ2v) is 4.86. The summed E-state index contributed by atoms with van der Waals surface area (Å²) in [6.45, 7) is 1.88. The molecule has 78 valence electrons. The zero-order chi connectivity index (χ0) is 11.1. The molecule has 0 unspecified atom stereocenters. The van der Waals surface area contributed by atoms with Crippen molar-refractivity contribution in [2.75, 3.05) is 0 Å². The Morgan fingerprint density at radius 2 is 2.00 bits per heavy atom. The normalized spacial score (nSPS) is 11.9. The van der Waals surface area contributed by atoms with Crippen LogP contribution < -0.4 is 5.14 Å². The van der Waals surface area contributed by atoms with Gasteiger partial charge in [0.05, 0.1) is 10.4 Å². The first kappa shape index (κ1) is 10.1. The van der Waals surface area contributed by atoms with Crippen LogP contribution in [0.3, 0.4) is 0 Å². The number of nitrogens with two attached hydrogens (primary N) is 1. The van der Waals surface area contributed by atoms with E-state index in [0.717, 1.165) is 5.56 Å². The van der Waals surface area contributed by atoms with E-state index in [9.17, 15) is 8.42 Å². The van der Waals surface area contributed by atoms with Crippen molar-refractivity contribution in [2.24, 2.45) is 5.14 Å². The molecular formula is C10H10N2O2S. The second kappa shape index (κ2) is 3.29. The van der Waals surface area contributed by atoms with Gasteiger partial charge in [-0.05, 0) is 30.7 Å². The molecule has 1 heterocycles. The van der Waals surface area contributed by atoms with Crippen molar-refractivity contribution in [2.45, 2.75) is 11.8 Å². The van der Waals surface area contributed by atoms with Crippen LogP contribution in [0.4, 0.5) is 0 Å².